The highest BCUT2D eigenvalue weighted by molar-refractivity contribution is 5.86. The quantitative estimate of drug-likeness (QED) is 0.500. The van der Waals surface area contributed by atoms with Gasteiger partial charge in [-0.2, -0.15) is 0 Å². The SMILES string of the molecule is Cc1cccc(-c2c(C)c(-c3ccc4c(c3OC(C)(C)C)CCCO4)c(CC(=O)O)n(C)c2=O)c1F. The molecule has 36 heavy (non-hydrogen) atoms. The number of hydrogen-bond donors (Lipinski definition) is 1. The van der Waals surface area contributed by atoms with Gasteiger partial charge in [0.1, 0.15) is 22.9 Å². The van der Waals surface area contributed by atoms with E-state index in [1.807, 2.05) is 32.9 Å². The molecule has 0 radical (unpaired) electrons. The lowest BCUT2D eigenvalue weighted by atomic mass is 9.88. The smallest absolute Gasteiger partial charge is 0.309 e. The molecule has 0 spiro atoms. The molecule has 190 valence electrons. The maximum Gasteiger partial charge on any atom is 0.309 e. The number of nitrogens with zero attached hydrogens (tertiary/aromatic N) is 1. The molecular formula is C29H32FNO5. The lowest BCUT2D eigenvalue weighted by Crippen LogP contribution is -2.28. The first-order valence-electron chi connectivity index (χ1n) is 12.1. The number of aliphatic carboxylic acids is 1. The fourth-order valence-corrected chi connectivity index (χ4v) is 4.86. The van der Waals surface area contributed by atoms with Gasteiger partial charge in [0.15, 0.2) is 0 Å². The van der Waals surface area contributed by atoms with Crippen molar-refractivity contribution in [1.29, 1.82) is 0 Å². The number of halogens is 1. The Morgan fingerprint density at radius 1 is 1.14 bits per heavy atom. The highest BCUT2D eigenvalue weighted by Gasteiger charge is 2.29. The van der Waals surface area contributed by atoms with Crippen molar-refractivity contribution in [3.8, 4) is 33.8 Å². The lowest BCUT2D eigenvalue weighted by molar-refractivity contribution is -0.136. The second-order valence-electron chi connectivity index (χ2n) is 10.3. The van der Waals surface area contributed by atoms with Crippen molar-refractivity contribution >= 4 is 5.97 Å². The molecule has 1 N–H and O–H groups in total. The van der Waals surface area contributed by atoms with E-state index in [4.69, 9.17) is 9.47 Å². The van der Waals surface area contributed by atoms with Crippen LogP contribution in [0.3, 0.4) is 0 Å². The number of rotatable bonds is 5. The summed E-state index contributed by atoms with van der Waals surface area (Å²) < 4.78 is 28.9. The number of carboxylic acids is 1. The molecule has 0 bridgehead atoms. The third kappa shape index (κ3) is 4.62. The summed E-state index contributed by atoms with van der Waals surface area (Å²) in [4.78, 5) is 25.4. The minimum atomic E-state index is -1.07. The van der Waals surface area contributed by atoms with Gasteiger partial charge in [-0.3, -0.25) is 9.59 Å². The molecule has 0 aliphatic carbocycles. The van der Waals surface area contributed by atoms with Crippen LogP contribution in [0.2, 0.25) is 0 Å². The number of hydrogen-bond acceptors (Lipinski definition) is 4. The largest absolute Gasteiger partial charge is 0.493 e. The highest BCUT2D eigenvalue weighted by atomic mass is 19.1. The van der Waals surface area contributed by atoms with E-state index >= 15 is 4.39 Å². The van der Waals surface area contributed by atoms with E-state index in [-0.39, 0.29) is 17.5 Å². The highest BCUT2D eigenvalue weighted by Crippen LogP contribution is 2.45. The number of carbonyl (C=O) groups is 1. The molecule has 0 fully saturated rings. The zero-order valence-electron chi connectivity index (χ0n) is 21.6. The van der Waals surface area contributed by atoms with Gasteiger partial charge < -0.3 is 19.1 Å². The van der Waals surface area contributed by atoms with Gasteiger partial charge in [-0.05, 0) is 70.7 Å². The first kappa shape index (κ1) is 25.5. The van der Waals surface area contributed by atoms with Crippen molar-refractivity contribution in [3.05, 3.63) is 68.9 Å². The fourth-order valence-electron chi connectivity index (χ4n) is 4.86. The number of aryl methyl sites for hydroxylation is 1. The van der Waals surface area contributed by atoms with Gasteiger partial charge in [-0.1, -0.05) is 18.2 Å². The number of fused-ring (bicyclic) bond motifs is 1. The number of carboxylic acid groups (broad SMARTS) is 1. The second-order valence-corrected chi connectivity index (χ2v) is 10.3. The first-order chi connectivity index (χ1) is 16.9. The monoisotopic (exact) mass is 493 g/mol. The van der Waals surface area contributed by atoms with E-state index in [1.165, 1.54) is 11.6 Å². The number of benzene rings is 2. The molecule has 2 aromatic carbocycles. The Labute approximate surface area is 210 Å². The Balaban J connectivity index is 2.14. The predicted molar refractivity (Wildman–Crippen MR) is 138 cm³/mol. The predicted octanol–water partition coefficient (Wildman–Crippen LogP) is 5.60. The summed E-state index contributed by atoms with van der Waals surface area (Å²) in [5.74, 6) is -0.209. The molecule has 2 heterocycles. The maximum absolute atomic E-state index is 15.3. The average Bonchev–Trinajstić information content (AvgIpc) is 2.80. The molecule has 7 heteroatoms. The van der Waals surface area contributed by atoms with E-state index in [0.29, 0.717) is 40.3 Å². The van der Waals surface area contributed by atoms with Crippen LogP contribution < -0.4 is 15.0 Å². The topological polar surface area (TPSA) is 77.8 Å². The van der Waals surface area contributed by atoms with Gasteiger partial charge in [-0.15, -0.1) is 0 Å². The summed E-state index contributed by atoms with van der Waals surface area (Å²) in [5, 5.41) is 9.73. The Hall–Kier alpha value is -3.61. The summed E-state index contributed by atoms with van der Waals surface area (Å²) in [7, 11) is 1.53. The van der Waals surface area contributed by atoms with E-state index in [9.17, 15) is 14.7 Å². The van der Waals surface area contributed by atoms with Crippen molar-refractivity contribution in [2.45, 2.75) is 59.5 Å². The van der Waals surface area contributed by atoms with Gasteiger partial charge in [-0.25, -0.2) is 4.39 Å². The Morgan fingerprint density at radius 2 is 1.86 bits per heavy atom. The minimum Gasteiger partial charge on any atom is -0.493 e. The van der Waals surface area contributed by atoms with Crippen molar-refractivity contribution < 1.29 is 23.8 Å². The van der Waals surface area contributed by atoms with Gasteiger partial charge in [0.2, 0.25) is 0 Å². The summed E-state index contributed by atoms with van der Waals surface area (Å²) in [6, 6.07) is 8.65. The van der Waals surface area contributed by atoms with Crippen LogP contribution in [0.4, 0.5) is 4.39 Å². The average molecular weight is 494 g/mol. The molecule has 3 aromatic rings. The zero-order chi connectivity index (χ0) is 26.4. The molecule has 1 aromatic heterocycles. The fraction of sp³-hybridized carbons (Fsp3) is 0.379. The normalized spacial score (nSPS) is 13.2. The van der Waals surface area contributed by atoms with E-state index in [1.54, 1.807) is 32.0 Å². The van der Waals surface area contributed by atoms with Crippen molar-refractivity contribution in [2.75, 3.05) is 6.61 Å². The Morgan fingerprint density at radius 3 is 2.53 bits per heavy atom. The summed E-state index contributed by atoms with van der Waals surface area (Å²) >= 11 is 0. The third-order valence-corrected chi connectivity index (χ3v) is 6.47. The molecule has 0 amide bonds. The Kier molecular flexibility index (Phi) is 6.69. The van der Waals surface area contributed by atoms with Crippen LogP contribution in [0.1, 0.15) is 49.6 Å². The molecule has 1 aliphatic heterocycles. The van der Waals surface area contributed by atoms with Gasteiger partial charge >= 0.3 is 5.97 Å². The minimum absolute atomic E-state index is 0.191. The first-order valence-corrected chi connectivity index (χ1v) is 12.1. The summed E-state index contributed by atoms with van der Waals surface area (Å²) in [6.45, 7) is 9.84. The molecule has 1 aliphatic rings. The molecule has 0 saturated carbocycles. The zero-order valence-corrected chi connectivity index (χ0v) is 21.6. The van der Waals surface area contributed by atoms with Crippen molar-refractivity contribution in [1.82, 2.24) is 4.57 Å². The number of ether oxygens (including phenoxy) is 2. The van der Waals surface area contributed by atoms with Crippen LogP contribution in [0.5, 0.6) is 11.5 Å². The second kappa shape index (κ2) is 9.45. The van der Waals surface area contributed by atoms with E-state index < -0.39 is 22.9 Å². The van der Waals surface area contributed by atoms with Crippen molar-refractivity contribution in [3.63, 3.8) is 0 Å². The lowest BCUT2D eigenvalue weighted by Gasteiger charge is -2.30. The molecule has 4 rings (SSSR count). The number of pyridine rings is 1. The van der Waals surface area contributed by atoms with Crippen LogP contribution in [0.15, 0.2) is 35.1 Å². The molecular weight excluding hydrogens is 461 g/mol. The molecule has 6 nitrogen and oxygen atoms in total. The van der Waals surface area contributed by atoms with E-state index in [2.05, 4.69) is 0 Å². The van der Waals surface area contributed by atoms with Gasteiger partial charge in [0.05, 0.1) is 18.6 Å². The van der Waals surface area contributed by atoms with Crippen LogP contribution in [-0.2, 0) is 24.7 Å². The van der Waals surface area contributed by atoms with E-state index in [0.717, 1.165) is 24.2 Å². The van der Waals surface area contributed by atoms with Crippen LogP contribution in [0, 0.1) is 19.7 Å². The van der Waals surface area contributed by atoms with Gasteiger partial charge in [0, 0.05) is 35.0 Å². The molecule has 0 atom stereocenters. The number of aromatic nitrogens is 1. The van der Waals surface area contributed by atoms with Gasteiger partial charge in [0.25, 0.3) is 5.56 Å². The third-order valence-electron chi connectivity index (χ3n) is 6.47. The summed E-state index contributed by atoms with van der Waals surface area (Å²) in [6.07, 6.45) is 1.19. The van der Waals surface area contributed by atoms with Crippen LogP contribution in [0.25, 0.3) is 22.3 Å². The van der Waals surface area contributed by atoms with Crippen LogP contribution in [-0.4, -0.2) is 27.9 Å². The Bertz CT molecular complexity index is 1410. The molecule has 0 unspecified atom stereocenters. The standard InChI is InChI=1S/C29H32FNO5/c1-16-9-7-10-19(26(16)30)25-17(2)24(21(15-23(32)33)31(6)28(25)34)20-12-13-22-18(11-8-14-35-22)27(20)36-29(3,4)5/h7,9-10,12-13H,8,11,14-15H2,1-6H3,(H,32,33). The van der Waals surface area contributed by atoms with Crippen LogP contribution >= 0.6 is 0 Å². The van der Waals surface area contributed by atoms with Crippen molar-refractivity contribution in [2.24, 2.45) is 7.05 Å². The summed E-state index contributed by atoms with van der Waals surface area (Å²) in [5.41, 5.74) is 2.79. The molecule has 0 saturated heterocycles. The maximum atomic E-state index is 15.3.